The molecule has 0 amide bonds. The predicted molar refractivity (Wildman–Crippen MR) is 126 cm³/mol. The van der Waals surface area contributed by atoms with Gasteiger partial charge in [0.05, 0.1) is 28.9 Å². The van der Waals surface area contributed by atoms with Gasteiger partial charge >= 0.3 is 6.18 Å². The standard InChI is InChI=1S/C27H18F6N4/c28-18-3-2-10-37(14-18)26-35-23-9-8-15(24-20(27(31,32)33)4-1-5-21(24)29)11-19(23)25(36-26)16-6-7-17(13-34)22(30)12-16/h1,4-9,11-12,18H,2-3,10,14H2/t18-/m0/s1. The zero-order chi connectivity index (χ0) is 26.3. The van der Waals surface area contributed by atoms with Crippen molar-refractivity contribution in [3.63, 3.8) is 0 Å². The Morgan fingerprint density at radius 1 is 0.946 bits per heavy atom. The maximum atomic E-state index is 14.7. The Morgan fingerprint density at radius 3 is 2.43 bits per heavy atom. The SMILES string of the molecule is N#Cc1ccc(-c2nc(N3CCC[C@H](F)C3)nc3ccc(-c4c(F)cccc4C(F)(F)F)cc23)cc1F. The van der Waals surface area contributed by atoms with Gasteiger partial charge in [-0.25, -0.2) is 23.1 Å². The average Bonchev–Trinajstić information content (AvgIpc) is 2.87. The molecule has 10 heteroatoms. The Kier molecular flexibility index (Phi) is 6.23. The quantitative estimate of drug-likeness (QED) is 0.276. The molecule has 0 bridgehead atoms. The highest BCUT2D eigenvalue weighted by atomic mass is 19.4. The van der Waals surface area contributed by atoms with E-state index >= 15 is 0 Å². The van der Waals surface area contributed by atoms with Gasteiger partial charge in [-0.15, -0.1) is 0 Å². The number of nitrogens with zero attached hydrogens (tertiary/aromatic N) is 4. The minimum atomic E-state index is -4.80. The van der Waals surface area contributed by atoms with E-state index in [-0.39, 0.29) is 40.3 Å². The molecule has 0 aliphatic carbocycles. The molecule has 1 atom stereocenters. The fraction of sp³-hybridized carbons (Fsp3) is 0.222. The first-order chi connectivity index (χ1) is 17.7. The van der Waals surface area contributed by atoms with Gasteiger partial charge in [-0.1, -0.05) is 18.2 Å². The number of aromatic nitrogens is 2. The van der Waals surface area contributed by atoms with E-state index in [4.69, 9.17) is 5.26 Å². The molecule has 0 spiro atoms. The van der Waals surface area contributed by atoms with Gasteiger partial charge < -0.3 is 4.90 Å². The molecule has 1 aliphatic rings. The van der Waals surface area contributed by atoms with E-state index in [1.54, 1.807) is 11.0 Å². The van der Waals surface area contributed by atoms with E-state index in [2.05, 4.69) is 9.97 Å². The van der Waals surface area contributed by atoms with Gasteiger partial charge in [0.15, 0.2) is 0 Å². The van der Waals surface area contributed by atoms with E-state index in [1.165, 1.54) is 30.3 Å². The monoisotopic (exact) mass is 512 g/mol. The Labute approximate surface area is 207 Å². The van der Waals surface area contributed by atoms with Crippen LogP contribution in [0.1, 0.15) is 24.0 Å². The van der Waals surface area contributed by atoms with Crippen molar-refractivity contribution < 1.29 is 26.3 Å². The highest BCUT2D eigenvalue weighted by Crippen LogP contribution is 2.40. The molecule has 5 rings (SSSR count). The summed E-state index contributed by atoms with van der Waals surface area (Å²) in [5.41, 5.74) is -1.32. The molecule has 2 heterocycles. The summed E-state index contributed by atoms with van der Waals surface area (Å²) in [7, 11) is 0. The van der Waals surface area contributed by atoms with Gasteiger partial charge in [0.2, 0.25) is 5.95 Å². The lowest BCUT2D eigenvalue weighted by Gasteiger charge is -2.29. The van der Waals surface area contributed by atoms with E-state index in [1.807, 2.05) is 0 Å². The van der Waals surface area contributed by atoms with Crippen LogP contribution >= 0.6 is 0 Å². The van der Waals surface area contributed by atoms with Crippen LogP contribution in [0.4, 0.5) is 32.3 Å². The number of alkyl halides is 4. The summed E-state index contributed by atoms with van der Waals surface area (Å²) in [6.45, 7) is 0.560. The molecular weight excluding hydrogens is 494 g/mol. The smallest absolute Gasteiger partial charge is 0.338 e. The van der Waals surface area contributed by atoms with Crippen molar-refractivity contribution in [2.24, 2.45) is 0 Å². The Bertz CT molecular complexity index is 1540. The molecule has 1 aromatic heterocycles. The minimum Gasteiger partial charge on any atom is -0.338 e. The molecule has 4 nitrogen and oxygen atoms in total. The van der Waals surface area contributed by atoms with Gasteiger partial charge in [-0.3, -0.25) is 0 Å². The molecule has 1 fully saturated rings. The van der Waals surface area contributed by atoms with Crippen LogP contribution in [-0.4, -0.2) is 29.2 Å². The number of fused-ring (bicyclic) bond motifs is 1. The number of hydrogen-bond donors (Lipinski definition) is 0. The van der Waals surface area contributed by atoms with Crippen molar-refractivity contribution >= 4 is 16.9 Å². The second-order valence-corrected chi connectivity index (χ2v) is 8.76. The molecular formula is C27H18F6N4. The third-order valence-electron chi connectivity index (χ3n) is 6.30. The van der Waals surface area contributed by atoms with Crippen molar-refractivity contribution in [1.82, 2.24) is 9.97 Å². The van der Waals surface area contributed by atoms with Crippen molar-refractivity contribution in [1.29, 1.82) is 5.26 Å². The molecule has 188 valence electrons. The summed E-state index contributed by atoms with van der Waals surface area (Å²) < 4.78 is 84.4. The number of nitriles is 1. The first kappa shape index (κ1) is 24.6. The van der Waals surface area contributed by atoms with Crippen LogP contribution in [0.3, 0.4) is 0 Å². The summed E-state index contributed by atoms with van der Waals surface area (Å²) in [6, 6.07) is 12.3. The van der Waals surface area contributed by atoms with Crippen molar-refractivity contribution in [3.05, 3.63) is 77.4 Å². The van der Waals surface area contributed by atoms with Crippen molar-refractivity contribution in [3.8, 4) is 28.5 Å². The fourth-order valence-electron chi connectivity index (χ4n) is 4.55. The number of piperidine rings is 1. The van der Waals surface area contributed by atoms with Crippen LogP contribution in [0.5, 0.6) is 0 Å². The second-order valence-electron chi connectivity index (χ2n) is 8.76. The zero-order valence-corrected chi connectivity index (χ0v) is 19.2. The van der Waals surface area contributed by atoms with Gasteiger partial charge in [-0.2, -0.15) is 18.4 Å². The van der Waals surface area contributed by atoms with Crippen LogP contribution < -0.4 is 4.90 Å². The van der Waals surface area contributed by atoms with Gasteiger partial charge in [0, 0.05) is 23.1 Å². The van der Waals surface area contributed by atoms with Gasteiger partial charge in [-0.05, 0) is 54.8 Å². The first-order valence-corrected chi connectivity index (χ1v) is 11.4. The maximum Gasteiger partial charge on any atom is 0.417 e. The predicted octanol–water partition coefficient (Wildman–Crippen LogP) is 7.07. The lowest BCUT2D eigenvalue weighted by atomic mass is 9.95. The maximum absolute atomic E-state index is 14.7. The molecule has 0 unspecified atom stereocenters. The summed E-state index contributed by atoms with van der Waals surface area (Å²) in [5.74, 6) is -1.68. The molecule has 37 heavy (non-hydrogen) atoms. The molecule has 3 aromatic carbocycles. The number of hydrogen-bond acceptors (Lipinski definition) is 4. The molecule has 1 saturated heterocycles. The topological polar surface area (TPSA) is 52.8 Å². The molecule has 1 aliphatic heterocycles. The van der Waals surface area contributed by atoms with Crippen LogP contribution in [-0.2, 0) is 6.18 Å². The van der Waals surface area contributed by atoms with E-state index in [0.717, 1.165) is 24.3 Å². The Balaban J connectivity index is 1.75. The van der Waals surface area contributed by atoms with E-state index in [9.17, 15) is 26.3 Å². The summed E-state index contributed by atoms with van der Waals surface area (Å²) in [6.07, 6.45) is -4.89. The van der Waals surface area contributed by atoms with Crippen molar-refractivity contribution in [2.75, 3.05) is 18.0 Å². The molecule has 0 N–H and O–H groups in total. The lowest BCUT2D eigenvalue weighted by molar-refractivity contribution is -0.137. The minimum absolute atomic E-state index is 0.0635. The summed E-state index contributed by atoms with van der Waals surface area (Å²) in [5, 5.41) is 9.33. The van der Waals surface area contributed by atoms with Crippen LogP contribution in [0, 0.1) is 23.0 Å². The number of halogens is 6. The Hall–Kier alpha value is -4.13. The zero-order valence-electron chi connectivity index (χ0n) is 19.2. The van der Waals surface area contributed by atoms with Crippen LogP contribution in [0.15, 0.2) is 54.6 Å². The van der Waals surface area contributed by atoms with Gasteiger partial charge in [0.25, 0.3) is 0 Å². The molecule has 0 radical (unpaired) electrons. The number of anilines is 1. The normalized spacial score (nSPS) is 16.1. The molecule has 0 saturated carbocycles. The van der Waals surface area contributed by atoms with Crippen molar-refractivity contribution in [2.45, 2.75) is 25.2 Å². The summed E-state index contributed by atoms with van der Waals surface area (Å²) >= 11 is 0. The Morgan fingerprint density at radius 2 is 1.73 bits per heavy atom. The second kappa shape index (κ2) is 9.39. The molecule has 4 aromatic rings. The van der Waals surface area contributed by atoms with Crippen LogP contribution in [0.25, 0.3) is 33.3 Å². The fourth-order valence-corrected chi connectivity index (χ4v) is 4.55. The largest absolute Gasteiger partial charge is 0.417 e. The highest BCUT2D eigenvalue weighted by molar-refractivity contribution is 5.96. The summed E-state index contributed by atoms with van der Waals surface area (Å²) in [4.78, 5) is 10.7. The number of benzene rings is 3. The highest BCUT2D eigenvalue weighted by Gasteiger charge is 2.35. The van der Waals surface area contributed by atoms with E-state index in [0.29, 0.717) is 24.9 Å². The number of rotatable bonds is 3. The van der Waals surface area contributed by atoms with E-state index < -0.39 is 35.1 Å². The third kappa shape index (κ3) is 4.69. The van der Waals surface area contributed by atoms with Gasteiger partial charge in [0.1, 0.15) is 23.9 Å². The van der Waals surface area contributed by atoms with Crippen LogP contribution in [0.2, 0.25) is 0 Å². The lowest BCUT2D eigenvalue weighted by Crippen LogP contribution is -2.37. The third-order valence-corrected chi connectivity index (χ3v) is 6.30. The first-order valence-electron chi connectivity index (χ1n) is 11.4. The average molecular weight is 512 g/mol.